The zero-order valence-electron chi connectivity index (χ0n) is 12.6. The molecule has 0 unspecified atom stereocenters. The Bertz CT molecular complexity index is 380. The summed E-state index contributed by atoms with van der Waals surface area (Å²) >= 11 is 0. The summed E-state index contributed by atoms with van der Waals surface area (Å²) in [5.74, 6) is 0.931. The highest BCUT2D eigenvalue weighted by Crippen LogP contribution is 2.12. The van der Waals surface area contributed by atoms with Crippen LogP contribution in [0.15, 0.2) is 24.3 Å². The van der Waals surface area contributed by atoms with Crippen molar-refractivity contribution in [2.45, 2.75) is 12.8 Å². The van der Waals surface area contributed by atoms with E-state index in [1.54, 1.807) is 7.11 Å². The molecule has 1 aliphatic rings. The quantitative estimate of drug-likeness (QED) is 0.848. The van der Waals surface area contributed by atoms with Gasteiger partial charge in [-0.25, -0.2) is 0 Å². The lowest BCUT2D eigenvalue weighted by Crippen LogP contribution is -2.34. The van der Waals surface area contributed by atoms with Gasteiger partial charge in [-0.15, -0.1) is 0 Å². The van der Waals surface area contributed by atoms with E-state index < -0.39 is 0 Å². The maximum atomic E-state index is 5.64. The highest BCUT2D eigenvalue weighted by molar-refractivity contribution is 5.27. The van der Waals surface area contributed by atoms with E-state index in [1.165, 1.54) is 25.1 Å². The van der Waals surface area contributed by atoms with Crippen molar-refractivity contribution in [2.24, 2.45) is 5.73 Å². The molecule has 2 N–H and O–H groups in total. The number of rotatable bonds is 6. The fourth-order valence-electron chi connectivity index (χ4n) is 2.73. The molecule has 1 heterocycles. The van der Waals surface area contributed by atoms with Gasteiger partial charge in [-0.1, -0.05) is 12.1 Å². The zero-order chi connectivity index (χ0) is 14.2. The van der Waals surface area contributed by atoms with Gasteiger partial charge < -0.3 is 20.3 Å². The van der Waals surface area contributed by atoms with Crippen molar-refractivity contribution in [3.8, 4) is 5.75 Å². The number of nitrogens with zero attached hydrogens (tertiary/aromatic N) is 2. The Kier molecular flexibility index (Phi) is 6.30. The molecule has 0 atom stereocenters. The van der Waals surface area contributed by atoms with Crippen LogP contribution in [0.1, 0.15) is 12.0 Å². The first-order chi connectivity index (χ1) is 9.81. The van der Waals surface area contributed by atoms with E-state index in [-0.39, 0.29) is 0 Å². The van der Waals surface area contributed by atoms with Crippen LogP contribution in [-0.4, -0.2) is 62.7 Å². The highest BCUT2D eigenvalue weighted by Gasteiger charge is 2.13. The molecule has 1 aromatic rings. The summed E-state index contributed by atoms with van der Waals surface area (Å²) in [6.45, 7) is 7.66. The van der Waals surface area contributed by atoms with E-state index in [0.717, 1.165) is 44.9 Å². The van der Waals surface area contributed by atoms with Crippen LogP contribution in [0.4, 0.5) is 0 Å². The van der Waals surface area contributed by atoms with Crippen molar-refractivity contribution >= 4 is 0 Å². The van der Waals surface area contributed by atoms with Crippen molar-refractivity contribution < 1.29 is 4.74 Å². The summed E-state index contributed by atoms with van der Waals surface area (Å²) in [6.07, 6.45) is 2.36. The van der Waals surface area contributed by atoms with Crippen molar-refractivity contribution in [2.75, 3.05) is 52.9 Å². The van der Waals surface area contributed by atoms with Gasteiger partial charge in [-0.2, -0.15) is 0 Å². The van der Waals surface area contributed by atoms with Crippen molar-refractivity contribution in [1.82, 2.24) is 9.80 Å². The minimum atomic E-state index is 0.770. The van der Waals surface area contributed by atoms with Crippen molar-refractivity contribution in [3.05, 3.63) is 29.8 Å². The maximum absolute atomic E-state index is 5.64. The molecule has 1 aromatic carbocycles. The normalized spacial score (nSPS) is 17.9. The second-order valence-electron chi connectivity index (χ2n) is 5.42. The third kappa shape index (κ3) is 4.78. The molecule has 2 rings (SSSR count). The number of benzene rings is 1. The first kappa shape index (κ1) is 15.3. The van der Waals surface area contributed by atoms with Gasteiger partial charge in [0.15, 0.2) is 0 Å². The number of methoxy groups -OCH3 is 1. The van der Waals surface area contributed by atoms with Crippen LogP contribution in [0.2, 0.25) is 0 Å². The first-order valence-corrected chi connectivity index (χ1v) is 7.59. The van der Waals surface area contributed by atoms with E-state index in [0.29, 0.717) is 0 Å². The first-order valence-electron chi connectivity index (χ1n) is 7.59. The van der Waals surface area contributed by atoms with Crippen LogP contribution >= 0.6 is 0 Å². The van der Waals surface area contributed by atoms with Gasteiger partial charge in [-0.3, -0.25) is 0 Å². The van der Waals surface area contributed by atoms with E-state index in [1.807, 2.05) is 12.1 Å². The Labute approximate surface area is 122 Å². The van der Waals surface area contributed by atoms with Gasteiger partial charge in [0.25, 0.3) is 0 Å². The van der Waals surface area contributed by atoms with Gasteiger partial charge in [0.2, 0.25) is 0 Å². The van der Waals surface area contributed by atoms with Crippen molar-refractivity contribution in [3.63, 3.8) is 0 Å². The summed E-state index contributed by atoms with van der Waals surface area (Å²) in [4.78, 5) is 5.05. The lowest BCUT2D eigenvalue weighted by atomic mass is 10.1. The predicted molar refractivity (Wildman–Crippen MR) is 83.2 cm³/mol. The van der Waals surface area contributed by atoms with E-state index >= 15 is 0 Å². The molecule has 112 valence electrons. The third-order valence-electron chi connectivity index (χ3n) is 4.00. The van der Waals surface area contributed by atoms with Crippen LogP contribution in [0.3, 0.4) is 0 Å². The Balaban J connectivity index is 1.75. The molecular formula is C16H27N3O. The number of ether oxygens (including phenoxy) is 1. The molecule has 0 radical (unpaired) electrons. The molecule has 0 amide bonds. The standard InChI is InChI=1S/C16H27N3O/c1-20-16-5-3-15(4-6-16)7-11-18-9-2-10-19(12-8-17)14-13-18/h3-6H,2,7-14,17H2,1H3. The van der Waals surface area contributed by atoms with Gasteiger partial charge in [0.1, 0.15) is 5.75 Å². The zero-order valence-corrected chi connectivity index (χ0v) is 12.6. The van der Waals surface area contributed by atoms with Gasteiger partial charge in [0.05, 0.1) is 7.11 Å². The van der Waals surface area contributed by atoms with Crippen molar-refractivity contribution in [1.29, 1.82) is 0 Å². The molecule has 4 heteroatoms. The molecule has 0 spiro atoms. The molecule has 20 heavy (non-hydrogen) atoms. The Morgan fingerprint density at radius 3 is 2.25 bits per heavy atom. The Morgan fingerprint density at radius 1 is 1.00 bits per heavy atom. The molecule has 0 aromatic heterocycles. The lowest BCUT2D eigenvalue weighted by molar-refractivity contribution is 0.262. The average Bonchev–Trinajstić information content (AvgIpc) is 2.71. The SMILES string of the molecule is COc1ccc(CCN2CCCN(CCN)CC2)cc1. The number of hydrogen-bond acceptors (Lipinski definition) is 4. The summed E-state index contributed by atoms with van der Waals surface area (Å²) in [6, 6.07) is 8.41. The van der Waals surface area contributed by atoms with Crippen LogP contribution in [-0.2, 0) is 6.42 Å². The number of hydrogen-bond donors (Lipinski definition) is 1. The summed E-state index contributed by atoms with van der Waals surface area (Å²) in [5.41, 5.74) is 7.02. The van der Waals surface area contributed by atoms with Crippen LogP contribution < -0.4 is 10.5 Å². The van der Waals surface area contributed by atoms with Crippen LogP contribution in [0.25, 0.3) is 0 Å². The molecular weight excluding hydrogens is 250 g/mol. The summed E-state index contributed by atoms with van der Waals surface area (Å²) in [5, 5.41) is 0. The molecule has 4 nitrogen and oxygen atoms in total. The average molecular weight is 277 g/mol. The Hall–Kier alpha value is -1.10. The lowest BCUT2D eigenvalue weighted by Gasteiger charge is -2.21. The van der Waals surface area contributed by atoms with E-state index in [9.17, 15) is 0 Å². The fourth-order valence-corrected chi connectivity index (χ4v) is 2.73. The second-order valence-corrected chi connectivity index (χ2v) is 5.42. The largest absolute Gasteiger partial charge is 0.497 e. The summed E-state index contributed by atoms with van der Waals surface area (Å²) < 4.78 is 5.19. The highest BCUT2D eigenvalue weighted by atomic mass is 16.5. The topological polar surface area (TPSA) is 41.7 Å². The molecule has 0 aliphatic carbocycles. The minimum Gasteiger partial charge on any atom is -0.497 e. The van der Waals surface area contributed by atoms with Crippen LogP contribution in [0, 0.1) is 0 Å². The van der Waals surface area contributed by atoms with Crippen LogP contribution in [0.5, 0.6) is 5.75 Å². The maximum Gasteiger partial charge on any atom is 0.118 e. The molecule has 1 saturated heterocycles. The fraction of sp³-hybridized carbons (Fsp3) is 0.625. The molecule has 1 aliphatic heterocycles. The van der Waals surface area contributed by atoms with E-state index in [4.69, 9.17) is 10.5 Å². The number of nitrogens with two attached hydrogens (primary N) is 1. The predicted octanol–water partition coefficient (Wildman–Crippen LogP) is 1.20. The van der Waals surface area contributed by atoms with Gasteiger partial charge >= 0.3 is 0 Å². The summed E-state index contributed by atoms with van der Waals surface area (Å²) in [7, 11) is 1.71. The minimum absolute atomic E-state index is 0.770. The molecule has 0 saturated carbocycles. The third-order valence-corrected chi connectivity index (χ3v) is 4.00. The monoisotopic (exact) mass is 277 g/mol. The van der Waals surface area contributed by atoms with E-state index in [2.05, 4.69) is 21.9 Å². The molecule has 0 bridgehead atoms. The van der Waals surface area contributed by atoms with Gasteiger partial charge in [0, 0.05) is 32.7 Å². The second kappa shape index (κ2) is 8.25. The molecule has 1 fully saturated rings. The smallest absolute Gasteiger partial charge is 0.118 e. The van der Waals surface area contributed by atoms with Gasteiger partial charge in [-0.05, 0) is 43.6 Å². The Morgan fingerprint density at radius 2 is 1.65 bits per heavy atom.